The predicted molar refractivity (Wildman–Crippen MR) is 86.8 cm³/mol. The van der Waals surface area contributed by atoms with Crippen LogP contribution in [0.5, 0.6) is 5.75 Å². The minimum Gasteiger partial charge on any atom is -0.497 e. The van der Waals surface area contributed by atoms with E-state index in [0.717, 1.165) is 0 Å². The van der Waals surface area contributed by atoms with Gasteiger partial charge >= 0.3 is 0 Å². The molecular formula is C15H15N3O4S. The van der Waals surface area contributed by atoms with Crippen LogP contribution in [0.4, 0.5) is 5.69 Å². The Morgan fingerprint density at radius 3 is 3.00 bits per heavy atom. The summed E-state index contributed by atoms with van der Waals surface area (Å²) >= 11 is 0. The largest absolute Gasteiger partial charge is 0.497 e. The summed E-state index contributed by atoms with van der Waals surface area (Å²) in [4.78, 5) is 14.1. The van der Waals surface area contributed by atoms with Gasteiger partial charge in [-0.3, -0.25) is 4.79 Å². The van der Waals surface area contributed by atoms with Crippen molar-refractivity contribution in [3.63, 3.8) is 0 Å². The van der Waals surface area contributed by atoms with Gasteiger partial charge < -0.3 is 15.0 Å². The van der Waals surface area contributed by atoms with Gasteiger partial charge in [-0.1, -0.05) is 6.07 Å². The molecule has 2 aliphatic heterocycles. The zero-order chi connectivity index (χ0) is 16.4. The molecule has 0 unspecified atom stereocenters. The molecule has 1 N–H and O–H groups in total. The Labute approximate surface area is 134 Å². The average Bonchev–Trinajstić information content (AvgIpc) is 2.53. The minimum atomic E-state index is -3.53. The lowest BCUT2D eigenvalue weighted by atomic mass is 10.1. The van der Waals surface area contributed by atoms with Gasteiger partial charge in [0.15, 0.2) is 5.84 Å². The van der Waals surface area contributed by atoms with Crippen LogP contribution < -0.4 is 10.1 Å². The zero-order valence-corrected chi connectivity index (χ0v) is 13.2. The van der Waals surface area contributed by atoms with Crippen LogP contribution in [0.2, 0.25) is 0 Å². The van der Waals surface area contributed by atoms with Crippen molar-refractivity contribution in [2.45, 2.75) is 0 Å². The molecule has 1 amide bonds. The van der Waals surface area contributed by atoms with E-state index in [1.807, 2.05) is 0 Å². The first-order valence-corrected chi connectivity index (χ1v) is 8.53. The lowest BCUT2D eigenvalue weighted by Crippen LogP contribution is -2.40. The van der Waals surface area contributed by atoms with Gasteiger partial charge in [0.1, 0.15) is 5.75 Å². The number of ether oxygens (including phenoxy) is 1. The molecule has 0 radical (unpaired) electrons. The lowest BCUT2D eigenvalue weighted by molar-refractivity contribution is -0.112. The minimum absolute atomic E-state index is 0.0639. The summed E-state index contributed by atoms with van der Waals surface area (Å²) in [6.07, 6.45) is 4.94. The lowest BCUT2D eigenvalue weighted by Gasteiger charge is -2.28. The average molecular weight is 333 g/mol. The summed E-state index contributed by atoms with van der Waals surface area (Å²) in [6, 6.07) is 6.90. The second kappa shape index (κ2) is 5.88. The number of carbonyl (C=O) groups excluding carboxylic acids is 1. The maximum absolute atomic E-state index is 12.5. The Balaban J connectivity index is 1.87. The van der Waals surface area contributed by atoms with Crippen molar-refractivity contribution < 1.29 is 17.9 Å². The van der Waals surface area contributed by atoms with E-state index < -0.39 is 15.9 Å². The van der Waals surface area contributed by atoms with E-state index in [2.05, 4.69) is 9.71 Å². The highest BCUT2D eigenvalue weighted by Crippen LogP contribution is 2.21. The standard InChI is InChI=1S/C15H15N3O4S/c1-22-12-5-2-4-11(10-12)16-15(19)13-6-3-7-18-8-9-23(20,21)17-14(13)18/h2-7,10H,8-9H2,1H3,(H,16,19). The second-order valence-corrected chi connectivity index (χ2v) is 6.76. The Bertz CT molecular complexity index is 840. The molecule has 0 aromatic heterocycles. The van der Waals surface area contributed by atoms with Gasteiger partial charge in [-0.25, -0.2) is 8.42 Å². The summed E-state index contributed by atoms with van der Waals surface area (Å²) in [5.74, 6) is 0.271. The first-order chi connectivity index (χ1) is 11.0. The number of hydrogen-bond acceptors (Lipinski definition) is 5. The van der Waals surface area contributed by atoms with Gasteiger partial charge in [0.2, 0.25) is 0 Å². The van der Waals surface area contributed by atoms with Gasteiger partial charge in [0.05, 0.1) is 18.4 Å². The third-order valence-corrected chi connectivity index (χ3v) is 4.58. The summed E-state index contributed by atoms with van der Waals surface area (Å²) < 4.78 is 32.2. The number of fused-ring (bicyclic) bond motifs is 1. The summed E-state index contributed by atoms with van der Waals surface area (Å²) in [7, 11) is -1.99. The van der Waals surface area contributed by atoms with Crippen molar-refractivity contribution in [1.82, 2.24) is 4.90 Å². The highest BCUT2D eigenvalue weighted by Gasteiger charge is 2.29. The Morgan fingerprint density at radius 1 is 1.39 bits per heavy atom. The molecule has 23 heavy (non-hydrogen) atoms. The third kappa shape index (κ3) is 3.26. The summed E-state index contributed by atoms with van der Waals surface area (Å²) in [6.45, 7) is 0.279. The van der Waals surface area contributed by atoms with E-state index in [-0.39, 0.29) is 23.7 Å². The Morgan fingerprint density at radius 2 is 2.22 bits per heavy atom. The van der Waals surface area contributed by atoms with Crippen molar-refractivity contribution in [2.24, 2.45) is 4.40 Å². The molecule has 3 rings (SSSR count). The summed E-state index contributed by atoms with van der Waals surface area (Å²) in [5.41, 5.74) is 0.759. The molecule has 120 valence electrons. The number of anilines is 1. The highest BCUT2D eigenvalue weighted by atomic mass is 32.2. The van der Waals surface area contributed by atoms with E-state index in [4.69, 9.17) is 4.74 Å². The Kier molecular flexibility index (Phi) is 3.91. The van der Waals surface area contributed by atoms with Crippen LogP contribution >= 0.6 is 0 Å². The number of methoxy groups -OCH3 is 1. The maximum atomic E-state index is 12.5. The molecule has 2 aliphatic rings. The third-order valence-electron chi connectivity index (χ3n) is 3.43. The molecule has 1 aromatic rings. The van der Waals surface area contributed by atoms with Crippen molar-refractivity contribution in [3.8, 4) is 5.75 Å². The fourth-order valence-corrected chi connectivity index (χ4v) is 3.28. The van der Waals surface area contributed by atoms with Crippen LogP contribution in [0.15, 0.2) is 52.6 Å². The van der Waals surface area contributed by atoms with Gasteiger partial charge in [-0.2, -0.15) is 0 Å². The fraction of sp³-hybridized carbons (Fsp3) is 0.200. The number of carbonyl (C=O) groups is 1. The molecule has 0 saturated carbocycles. The number of rotatable bonds is 3. The number of amidine groups is 1. The van der Waals surface area contributed by atoms with Gasteiger partial charge in [0.25, 0.3) is 15.9 Å². The number of amides is 1. The number of allylic oxidation sites excluding steroid dienone is 2. The number of benzene rings is 1. The monoisotopic (exact) mass is 333 g/mol. The van der Waals surface area contributed by atoms with Crippen LogP contribution in [-0.4, -0.2) is 44.5 Å². The summed E-state index contributed by atoms with van der Waals surface area (Å²) in [5, 5.41) is 2.72. The van der Waals surface area contributed by atoms with Crippen molar-refractivity contribution in [2.75, 3.05) is 24.7 Å². The van der Waals surface area contributed by atoms with Gasteiger partial charge in [-0.15, -0.1) is 4.40 Å². The number of sulfonamides is 1. The second-order valence-electron chi connectivity index (χ2n) is 5.00. The SMILES string of the molecule is COc1cccc(NC(=O)C2=CC=CN3CCS(=O)(=O)N=C23)c1. The predicted octanol–water partition coefficient (Wildman–Crippen LogP) is 1.13. The fourth-order valence-electron chi connectivity index (χ4n) is 2.29. The quantitative estimate of drug-likeness (QED) is 0.896. The molecule has 0 fully saturated rings. The molecule has 1 aromatic carbocycles. The molecule has 0 aliphatic carbocycles. The maximum Gasteiger partial charge on any atom is 0.259 e. The van der Waals surface area contributed by atoms with Gasteiger partial charge in [-0.05, 0) is 24.3 Å². The molecular weight excluding hydrogens is 318 g/mol. The van der Waals surface area contributed by atoms with E-state index in [1.54, 1.807) is 47.5 Å². The van der Waals surface area contributed by atoms with Gasteiger partial charge in [0, 0.05) is 24.5 Å². The molecule has 0 saturated heterocycles. The molecule has 0 spiro atoms. The van der Waals surface area contributed by atoms with E-state index in [0.29, 0.717) is 11.4 Å². The van der Waals surface area contributed by atoms with Crippen molar-refractivity contribution >= 4 is 27.5 Å². The first kappa shape index (κ1) is 15.3. The van der Waals surface area contributed by atoms with E-state index in [1.165, 1.54) is 7.11 Å². The first-order valence-electron chi connectivity index (χ1n) is 6.92. The Hall–Kier alpha value is -2.61. The van der Waals surface area contributed by atoms with Crippen LogP contribution in [0.25, 0.3) is 0 Å². The smallest absolute Gasteiger partial charge is 0.259 e. The molecule has 8 heteroatoms. The van der Waals surface area contributed by atoms with Crippen molar-refractivity contribution in [1.29, 1.82) is 0 Å². The highest BCUT2D eigenvalue weighted by molar-refractivity contribution is 7.90. The van der Waals surface area contributed by atoms with Crippen LogP contribution in [0.3, 0.4) is 0 Å². The zero-order valence-electron chi connectivity index (χ0n) is 12.4. The van der Waals surface area contributed by atoms with E-state index in [9.17, 15) is 13.2 Å². The number of hydrogen-bond donors (Lipinski definition) is 1. The molecule has 7 nitrogen and oxygen atoms in total. The van der Waals surface area contributed by atoms with Crippen LogP contribution in [-0.2, 0) is 14.8 Å². The van der Waals surface area contributed by atoms with Crippen LogP contribution in [0.1, 0.15) is 0 Å². The normalized spacial score (nSPS) is 18.6. The topological polar surface area (TPSA) is 88.1 Å². The molecule has 0 atom stereocenters. The van der Waals surface area contributed by atoms with Crippen LogP contribution in [0, 0.1) is 0 Å². The number of nitrogens with zero attached hydrogens (tertiary/aromatic N) is 2. The molecule has 2 heterocycles. The van der Waals surface area contributed by atoms with Crippen molar-refractivity contribution in [3.05, 3.63) is 48.2 Å². The number of nitrogens with one attached hydrogen (secondary N) is 1. The molecule has 0 bridgehead atoms. The van der Waals surface area contributed by atoms with E-state index >= 15 is 0 Å².